The number of hydrogen-bond acceptors (Lipinski definition) is 3. The van der Waals surface area contributed by atoms with Gasteiger partial charge in [0.1, 0.15) is 5.60 Å². The van der Waals surface area contributed by atoms with Crippen molar-refractivity contribution < 1.29 is 19.4 Å². The molecule has 1 N–H and O–H groups in total. The van der Waals surface area contributed by atoms with Gasteiger partial charge < -0.3 is 14.7 Å². The maximum atomic E-state index is 12.6. The van der Waals surface area contributed by atoms with Crippen molar-refractivity contribution in [3.8, 4) is 0 Å². The quantitative estimate of drug-likeness (QED) is 0.776. The molecule has 2 bridgehead atoms. The molecule has 5 heteroatoms. The molecule has 0 aliphatic heterocycles. The van der Waals surface area contributed by atoms with Crippen molar-refractivity contribution in [1.82, 2.24) is 4.90 Å². The summed E-state index contributed by atoms with van der Waals surface area (Å²) in [4.78, 5) is 26.0. The first-order valence-electron chi connectivity index (χ1n) is 9.33. The number of rotatable bonds is 6. The molecule has 3 aliphatic rings. The fourth-order valence-corrected chi connectivity index (χ4v) is 4.14. The number of fused-ring (bicyclic) bond motifs is 3. The summed E-state index contributed by atoms with van der Waals surface area (Å²) in [5.74, 6) is -0.634. The molecule has 24 heavy (non-hydrogen) atoms. The molecular weight excluding hydrogens is 306 g/mol. The summed E-state index contributed by atoms with van der Waals surface area (Å²) in [5, 5.41) is 9.53. The van der Waals surface area contributed by atoms with Crippen molar-refractivity contribution in [3.05, 3.63) is 0 Å². The summed E-state index contributed by atoms with van der Waals surface area (Å²) in [6, 6.07) is 0. The Labute approximate surface area is 145 Å². The van der Waals surface area contributed by atoms with E-state index in [2.05, 4.69) is 6.92 Å². The van der Waals surface area contributed by atoms with Crippen molar-refractivity contribution in [2.45, 2.75) is 84.7 Å². The van der Waals surface area contributed by atoms with Crippen LogP contribution in [0.15, 0.2) is 0 Å². The molecule has 0 aromatic heterocycles. The number of hydrogen-bond donors (Lipinski definition) is 1. The van der Waals surface area contributed by atoms with E-state index in [1.54, 1.807) is 0 Å². The third-order valence-electron chi connectivity index (χ3n) is 5.81. The fraction of sp³-hybridized carbons (Fsp3) is 0.895. The number of ether oxygens (including phenoxy) is 1. The largest absolute Gasteiger partial charge is 0.481 e. The average Bonchev–Trinajstić information content (AvgIpc) is 2.51. The van der Waals surface area contributed by atoms with Gasteiger partial charge in [0, 0.05) is 13.1 Å². The highest BCUT2D eigenvalue weighted by molar-refractivity contribution is 5.75. The van der Waals surface area contributed by atoms with Gasteiger partial charge in [-0.15, -0.1) is 0 Å². The SMILES string of the molecule is CCCCN(CC12CCC(C(=O)O)(CC1)CC2)C(=O)OC(C)(C)C. The lowest BCUT2D eigenvalue weighted by Gasteiger charge is -2.52. The minimum absolute atomic E-state index is 0.0852. The molecular formula is C19H33NO4. The Bertz CT molecular complexity index is 456. The zero-order chi connectivity index (χ0) is 18.0. The minimum atomic E-state index is -0.634. The molecule has 0 radical (unpaired) electrons. The monoisotopic (exact) mass is 339 g/mol. The summed E-state index contributed by atoms with van der Waals surface area (Å²) in [6.45, 7) is 9.22. The van der Waals surface area contributed by atoms with E-state index in [1.807, 2.05) is 25.7 Å². The van der Waals surface area contributed by atoms with E-state index in [0.717, 1.165) is 57.9 Å². The van der Waals surface area contributed by atoms with Crippen molar-refractivity contribution in [2.24, 2.45) is 10.8 Å². The molecule has 1 amide bonds. The molecule has 138 valence electrons. The first kappa shape index (κ1) is 19.1. The zero-order valence-corrected chi connectivity index (χ0v) is 15.7. The van der Waals surface area contributed by atoms with Gasteiger partial charge in [-0.2, -0.15) is 0 Å². The minimum Gasteiger partial charge on any atom is -0.481 e. The number of carbonyl (C=O) groups excluding carboxylic acids is 1. The Hall–Kier alpha value is -1.26. The van der Waals surface area contributed by atoms with Gasteiger partial charge in [-0.05, 0) is 71.1 Å². The fourth-order valence-electron chi connectivity index (χ4n) is 4.14. The molecule has 0 unspecified atom stereocenters. The summed E-state index contributed by atoms with van der Waals surface area (Å²) in [6.07, 6.45) is 6.74. The van der Waals surface area contributed by atoms with Gasteiger partial charge in [0.25, 0.3) is 0 Å². The van der Waals surface area contributed by atoms with Crippen LogP contribution in [0, 0.1) is 10.8 Å². The summed E-state index contributed by atoms with van der Waals surface area (Å²) in [5.41, 5.74) is -0.902. The molecule has 0 heterocycles. The van der Waals surface area contributed by atoms with Gasteiger partial charge in [0.15, 0.2) is 0 Å². The molecule has 3 rings (SSSR count). The van der Waals surface area contributed by atoms with Gasteiger partial charge in [0.05, 0.1) is 5.41 Å². The average molecular weight is 339 g/mol. The number of carboxylic acid groups (broad SMARTS) is 1. The van der Waals surface area contributed by atoms with E-state index >= 15 is 0 Å². The van der Waals surface area contributed by atoms with Crippen LogP contribution in [-0.2, 0) is 9.53 Å². The number of amides is 1. The normalized spacial score (nSPS) is 29.3. The van der Waals surface area contributed by atoms with Crippen LogP contribution < -0.4 is 0 Å². The van der Waals surface area contributed by atoms with Crippen LogP contribution in [0.5, 0.6) is 0 Å². The van der Waals surface area contributed by atoms with Crippen LogP contribution in [-0.4, -0.2) is 40.8 Å². The Morgan fingerprint density at radius 3 is 2.04 bits per heavy atom. The van der Waals surface area contributed by atoms with Gasteiger partial charge in [-0.1, -0.05) is 13.3 Å². The maximum Gasteiger partial charge on any atom is 0.410 e. The standard InChI is InChI=1S/C19H33NO4/c1-5-6-13-20(16(23)24-17(2,3)4)14-18-7-10-19(11-8-18,12-9-18)15(21)22/h5-14H2,1-4H3,(H,21,22). The first-order chi connectivity index (χ1) is 11.1. The molecule has 3 fully saturated rings. The topological polar surface area (TPSA) is 66.8 Å². The van der Waals surface area contributed by atoms with E-state index in [9.17, 15) is 14.7 Å². The zero-order valence-electron chi connectivity index (χ0n) is 15.7. The smallest absolute Gasteiger partial charge is 0.410 e. The second-order valence-corrected chi connectivity index (χ2v) is 8.84. The maximum absolute atomic E-state index is 12.6. The highest BCUT2D eigenvalue weighted by Crippen LogP contribution is 2.57. The third kappa shape index (κ3) is 4.22. The van der Waals surface area contributed by atoms with Crippen molar-refractivity contribution >= 4 is 12.1 Å². The predicted octanol–water partition coefficient (Wildman–Crippen LogP) is 4.45. The Morgan fingerprint density at radius 2 is 1.62 bits per heavy atom. The Morgan fingerprint density at radius 1 is 1.08 bits per heavy atom. The van der Waals surface area contributed by atoms with Crippen LogP contribution in [0.25, 0.3) is 0 Å². The number of carboxylic acids is 1. The second-order valence-electron chi connectivity index (χ2n) is 8.84. The van der Waals surface area contributed by atoms with E-state index in [-0.39, 0.29) is 11.5 Å². The Kier molecular flexibility index (Phi) is 5.50. The highest BCUT2D eigenvalue weighted by atomic mass is 16.6. The van der Waals surface area contributed by atoms with Crippen LogP contribution in [0.3, 0.4) is 0 Å². The second kappa shape index (κ2) is 6.93. The Balaban J connectivity index is 2.04. The van der Waals surface area contributed by atoms with Crippen LogP contribution in [0.1, 0.15) is 79.1 Å². The van der Waals surface area contributed by atoms with Gasteiger partial charge in [0.2, 0.25) is 0 Å². The summed E-state index contributed by atoms with van der Waals surface area (Å²) in [7, 11) is 0. The van der Waals surface area contributed by atoms with Crippen LogP contribution >= 0.6 is 0 Å². The van der Waals surface area contributed by atoms with Gasteiger partial charge in [-0.3, -0.25) is 4.79 Å². The summed E-state index contributed by atoms with van der Waals surface area (Å²) >= 11 is 0. The molecule has 0 atom stereocenters. The van der Waals surface area contributed by atoms with E-state index < -0.39 is 17.0 Å². The first-order valence-corrected chi connectivity index (χ1v) is 9.33. The molecule has 0 aromatic rings. The number of carbonyl (C=O) groups is 2. The van der Waals surface area contributed by atoms with Gasteiger partial charge >= 0.3 is 12.1 Å². The molecule has 0 saturated heterocycles. The molecule has 3 aliphatic carbocycles. The summed E-state index contributed by atoms with van der Waals surface area (Å²) < 4.78 is 5.59. The van der Waals surface area contributed by atoms with Crippen molar-refractivity contribution in [1.29, 1.82) is 0 Å². The number of aliphatic carboxylic acids is 1. The third-order valence-corrected chi connectivity index (χ3v) is 5.81. The lowest BCUT2D eigenvalue weighted by molar-refractivity contribution is -0.159. The number of nitrogens with zero attached hydrogens (tertiary/aromatic N) is 1. The molecule has 5 nitrogen and oxygen atoms in total. The van der Waals surface area contributed by atoms with Crippen molar-refractivity contribution in [2.75, 3.05) is 13.1 Å². The number of unbranched alkanes of at least 4 members (excludes halogenated alkanes) is 1. The van der Waals surface area contributed by atoms with Crippen LogP contribution in [0.2, 0.25) is 0 Å². The van der Waals surface area contributed by atoms with Crippen LogP contribution in [0.4, 0.5) is 4.79 Å². The lowest BCUT2D eigenvalue weighted by Crippen LogP contribution is -2.52. The van der Waals surface area contributed by atoms with Crippen molar-refractivity contribution in [3.63, 3.8) is 0 Å². The van der Waals surface area contributed by atoms with Gasteiger partial charge in [-0.25, -0.2) is 4.79 Å². The highest BCUT2D eigenvalue weighted by Gasteiger charge is 2.53. The predicted molar refractivity (Wildman–Crippen MR) is 92.9 cm³/mol. The van der Waals surface area contributed by atoms with E-state index in [4.69, 9.17) is 4.74 Å². The lowest BCUT2D eigenvalue weighted by atomic mass is 9.53. The molecule has 3 saturated carbocycles. The molecule has 0 spiro atoms. The van der Waals surface area contributed by atoms with E-state index in [1.165, 1.54) is 0 Å². The van der Waals surface area contributed by atoms with E-state index in [0.29, 0.717) is 6.54 Å². The molecule has 0 aromatic carbocycles.